The number of halogens is 3. The summed E-state index contributed by atoms with van der Waals surface area (Å²) in [5, 5.41) is 3.80. The summed E-state index contributed by atoms with van der Waals surface area (Å²) in [5.74, 6) is -1.03. The maximum absolute atomic E-state index is 13.7. The van der Waals surface area contributed by atoms with Gasteiger partial charge in [-0.2, -0.15) is 0 Å². The monoisotopic (exact) mass is 349 g/mol. The van der Waals surface area contributed by atoms with Crippen molar-refractivity contribution >= 4 is 33.4 Å². The summed E-state index contributed by atoms with van der Waals surface area (Å²) in [4.78, 5) is 12.2. The van der Waals surface area contributed by atoms with E-state index >= 15 is 0 Å². The smallest absolute Gasteiger partial charge is 0.254 e. The summed E-state index contributed by atoms with van der Waals surface area (Å²) in [6, 6.07) is 4.04. The normalized spacial score (nSPS) is 18.1. The molecule has 1 saturated heterocycles. The Hall–Kier alpha value is -0.650. The van der Waals surface area contributed by atoms with Gasteiger partial charge in [-0.25, -0.2) is 4.39 Å². The van der Waals surface area contributed by atoms with Crippen molar-refractivity contribution < 1.29 is 13.9 Å². The summed E-state index contributed by atoms with van der Waals surface area (Å²) in [6.07, 6.45) is 1.42. The van der Waals surface area contributed by atoms with Crippen molar-refractivity contribution in [3.05, 3.63) is 34.6 Å². The van der Waals surface area contributed by atoms with Crippen molar-refractivity contribution in [2.75, 3.05) is 18.5 Å². The first-order valence-corrected chi connectivity index (χ1v) is 7.47. The molecule has 0 bridgehead atoms. The van der Waals surface area contributed by atoms with Gasteiger partial charge in [-0.15, -0.1) is 0 Å². The van der Waals surface area contributed by atoms with E-state index in [0.717, 1.165) is 6.07 Å². The first kappa shape index (κ1) is 14.8. The van der Waals surface area contributed by atoms with Gasteiger partial charge in [-0.1, -0.05) is 27.5 Å². The molecule has 1 N–H and O–H groups in total. The summed E-state index contributed by atoms with van der Waals surface area (Å²) >= 11 is 9.09. The number of carbonyl (C=O) groups is 1. The molecular weight excluding hydrogens is 337 g/mol. The molecule has 1 aromatic rings. The lowest BCUT2D eigenvalue weighted by atomic mass is 9.92. The molecule has 1 aliphatic heterocycles. The molecule has 1 amide bonds. The number of amides is 1. The van der Waals surface area contributed by atoms with E-state index in [1.54, 1.807) is 0 Å². The highest BCUT2D eigenvalue weighted by Gasteiger charge is 2.33. The molecule has 0 atom stereocenters. The Balaban J connectivity index is 2.15. The summed E-state index contributed by atoms with van der Waals surface area (Å²) in [7, 11) is 0. The van der Waals surface area contributed by atoms with E-state index in [1.165, 1.54) is 12.1 Å². The van der Waals surface area contributed by atoms with E-state index in [1.807, 2.05) is 0 Å². The lowest BCUT2D eigenvalue weighted by molar-refractivity contribution is 0.0441. The molecule has 0 saturated carbocycles. The third-order valence-electron chi connectivity index (χ3n) is 3.26. The SMILES string of the molecule is O=C(NC1(CBr)CCOCC1)c1ccc(Cl)cc1F. The number of alkyl halides is 1. The van der Waals surface area contributed by atoms with E-state index in [2.05, 4.69) is 21.2 Å². The molecular formula is C13H14BrClFNO2. The third-order valence-corrected chi connectivity index (χ3v) is 4.57. The second kappa shape index (κ2) is 6.20. The fraction of sp³-hybridized carbons (Fsp3) is 0.462. The van der Waals surface area contributed by atoms with Crippen molar-refractivity contribution in [3.63, 3.8) is 0 Å². The van der Waals surface area contributed by atoms with Crippen LogP contribution in [0.15, 0.2) is 18.2 Å². The Kier molecular flexibility index (Phi) is 4.81. The van der Waals surface area contributed by atoms with Gasteiger partial charge in [-0.3, -0.25) is 4.79 Å². The molecule has 0 radical (unpaired) electrons. The highest BCUT2D eigenvalue weighted by atomic mass is 79.9. The van der Waals surface area contributed by atoms with Crippen molar-refractivity contribution in [3.8, 4) is 0 Å². The Bertz CT molecular complexity index is 478. The van der Waals surface area contributed by atoms with E-state index < -0.39 is 11.7 Å². The van der Waals surface area contributed by atoms with Crippen LogP contribution >= 0.6 is 27.5 Å². The van der Waals surface area contributed by atoms with Crippen LogP contribution in [-0.4, -0.2) is 30.0 Å². The summed E-state index contributed by atoms with van der Waals surface area (Å²) in [6.45, 7) is 1.18. The number of rotatable bonds is 3. The zero-order chi connectivity index (χ0) is 13.9. The molecule has 1 aliphatic rings. The average Bonchev–Trinajstić information content (AvgIpc) is 2.39. The van der Waals surface area contributed by atoms with Gasteiger partial charge >= 0.3 is 0 Å². The van der Waals surface area contributed by atoms with Gasteiger partial charge < -0.3 is 10.1 Å². The Morgan fingerprint density at radius 2 is 2.16 bits per heavy atom. The maximum atomic E-state index is 13.7. The Labute approximate surface area is 124 Å². The van der Waals surface area contributed by atoms with Gasteiger partial charge in [0.05, 0.1) is 11.1 Å². The second-order valence-corrected chi connectivity index (χ2v) is 5.60. The minimum atomic E-state index is -0.609. The predicted molar refractivity (Wildman–Crippen MR) is 75.5 cm³/mol. The summed E-state index contributed by atoms with van der Waals surface area (Å²) in [5.41, 5.74) is -0.363. The number of hydrogen-bond acceptors (Lipinski definition) is 2. The number of ether oxygens (including phenoxy) is 1. The van der Waals surface area contributed by atoms with Crippen LogP contribution in [0, 0.1) is 5.82 Å². The number of benzene rings is 1. The van der Waals surface area contributed by atoms with Crippen LogP contribution in [0.2, 0.25) is 5.02 Å². The van der Waals surface area contributed by atoms with Crippen LogP contribution in [0.4, 0.5) is 4.39 Å². The molecule has 0 aliphatic carbocycles. The minimum Gasteiger partial charge on any atom is -0.381 e. The van der Waals surface area contributed by atoms with Crippen molar-refractivity contribution in [2.45, 2.75) is 18.4 Å². The van der Waals surface area contributed by atoms with Crippen LogP contribution in [0.5, 0.6) is 0 Å². The Morgan fingerprint density at radius 1 is 1.47 bits per heavy atom. The highest BCUT2D eigenvalue weighted by Crippen LogP contribution is 2.24. The maximum Gasteiger partial charge on any atom is 0.254 e. The van der Waals surface area contributed by atoms with Gasteiger partial charge in [-0.05, 0) is 31.0 Å². The first-order valence-electron chi connectivity index (χ1n) is 5.98. The molecule has 3 nitrogen and oxygen atoms in total. The van der Waals surface area contributed by atoms with Crippen molar-refractivity contribution in [1.82, 2.24) is 5.32 Å². The molecule has 0 aromatic heterocycles. The van der Waals surface area contributed by atoms with E-state index in [-0.39, 0.29) is 16.1 Å². The molecule has 1 aromatic carbocycles. The predicted octanol–water partition coefficient (Wildman–Crippen LogP) is 3.15. The van der Waals surface area contributed by atoms with Crippen LogP contribution < -0.4 is 5.32 Å². The van der Waals surface area contributed by atoms with E-state index in [4.69, 9.17) is 16.3 Å². The van der Waals surface area contributed by atoms with E-state index in [9.17, 15) is 9.18 Å². The number of carbonyl (C=O) groups excluding carboxylic acids is 1. The topological polar surface area (TPSA) is 38.3 Å². The molecule has 19 heavy (non-hydrogen) atoms. The standard InChI is InChI=1S/C13H14BrClFNO2/c14-8-13(3-5-19-6-4-13)17-12(18)10-2-1-9(15)7-11(10)16/h1-2,7H,3-6,8H2,(H,17,18). The molecule has 1 fully saturated rings. The fourth-order valence-electron chi connectivity index (χ4n) is 2.04. The quantitative estimate of drug-likeness (QED) is 0.851. The number of nitrogens with one attached hydrogen (secondary N) is 1. The molecule has 6 heteroatoms. The van der Waals surface area contributed by atoms with Gasteiger partial charge in [0, 0.05) is 23.6 Å². The van der Waals surface area contributed by atoms with Gasteiger partial charge in [0.15, 0.2) is 0 Å². The van der Waals surface area contributed by atoms with Crippen LogP contribution in [-0.2, 0) is 4.74 Å². The molecule has 0 unspecified atom stereocenters. The van der Waals surface area contributed by atoms with Gasteiger partial charge in [0.2, 0.25) is 0 Å². The zero-order valence-corrected chi connectivity index (χ0v) is 12.6. The van der Waals surface area contributed by atoms with Crippen LogP contribution in [0.1, 0.15) is 23.2 Å². The molecule has 2 rings (SSSR count). The van der Waals surface area contributed by atoms with Gasteiger partial charge in [0.1, 0.15) is 5.82 Å². The van der Waals surface area contributed by atoms with Crippen LogP contribution in [0.3, 0.4) is 0 Å². The zero-order valence-electron chi connectivity index (χ0n) is 10.2. The molecule has 0 spiro atoms. The lowest BCUT2D eigenvalue weighted by Crippen LogP contribution is -2.53. The minimum absolute atomic E-state index is 0.0104. The Morgan fingerprint density at radius 3 is 2.74 bits per heavy atom. The van der Waals surface area contributed by atoms with E-state index in [0.29, 0.717) is 31.4 Å². The first-order chi connectivity index (χ1) is 9.06. The molecule has 104 valence electrons. The van der Waals surface area contributed by atoms with Gasteiger partial charge in [0.25, 0.3) is 5.91 Å². The van der Waals surface area contributed by atoms with Crippen molar-refractivity contribution in [2.24, 2.45) is 0 Å². The lowest BCUT2D eigenvalue weighted by Gasteiger charge is -2.36. The second-order valence-electron chi connectivity index (χ2n) is 4.60. The van der Waals surface area contributed by atoms with Crippen molar-refractivity contribution in [1.29, 1.82) is 0 Å². The molecule has 1 heterocycles. The fourth-order valence-corrected chi connectivity index (χ4v) is 2.90. The summed E-state index contributed by atoms with van der Waals surface area (Å²) < 4.78 is 19.0. The number of hydrogen-bond donors (Lipinski definition) is 1. The average molecular weight is 351 g/mol. The highest BCUT2D eigenvalue weighted by molar-refractivity contribution is 9.09. The third kappa shape index (κ3) is 3.46. The largest absolute Gasteiger partial charge is 0.381 e. The van der Waals surface area contributed by atoms with Crippen LogP contribution in [0.25, 0.3) is 0 Å².